The van der Waals surface area contributed by atoms with Crippen LogP contribution < -0.4 is 0 Å². The van der Waals surface area contributed by atoms with Gasteiger partial charge in [-0.25, -0.2) is 4.39 Å². The SMILES string of the molecule is Cc1cc(C)cc(-c2cc(C)cc(-c3ccc(C(F)(F)F)cc3C)c2F)c1. The number of alkyl halides is 3. The van der Waals surface area contributed by atoms with Gasteiger partial charge in [-0.1, -0.05) is 35.4 Å². The van der Waals surface area contributed by atoms with E-state index in [1.165, 1.54) is 6.07 Å². The van der Waals surface area contributed by atoms with Crippen molar-refractivity contribution in [2.75, 3.05) is 0 Å². The molecular formula is C23H20F4. The predicted molar refractivity (Wildman–Crippen MR) is 101 cm³/mol. The molecule has 0 saturated carbocycles. The van der Waals surface area contributed by atoms with Crippen LogP contribution in [-0.4, -0.2) is 0 Å². The van der Waals surface area contributed by atoms with E-state index in [9.17, 15) is 13.2 Å². The summed E-state index contributed by atoms with van der Waals surface area (Å²) in [6.07, 6.45) is -4.42. The van der Waals surface area contributed by atoms with Gasteiger partial charge in [0.15, 0.2) is 0 Å². The zero-order chi connectivity index (χ0) is 19.9. The molecule has 0 aliphatic rings. The molecule has 0 spiro atoms. The van der Waals surface area contributed by atoms with Gasteiger partial charge in [0, 0.05) is 11.1 Å². The van der Waals surface area contributed by atoms with Gasteiger partial charge < -0.3 is 0 Å². The molecule has 0 aliphatic carbocycles. The number of benzene rings is 3. The Kier molecular flexibility index (Phi) is 4.85. The van der Waals surface area contributed by atoms with Crippen LogP contribution in [0, 0.1) is 33.5 Å². The summed E-state index contributed by atoms with van der Waals surface area (Å²) >= 11 is 0. The number of rotatable bonds is 2. The molecule has 0 N–H and O–H groups in total. The average Bonchev–Trinajstić information content (AvgIpc) is 2.55. The van der Waals surface area contributed by atoms with Crippen molar-refractivity contribution < 1.29 is 17.6 Å². The summed E-state index contributed by atoms with van der Waals surface area (Å²) in [6.45, 7) is 7.33. The maximum Gasteiger partial charge on any atom is 0.416 e. The van der Waals surface area contributed by atoms with Crippen LogP contribution in [0.5, 0.6) is 0 Å². The minimum absolute atomic E-state index is 0.315. The summed E-state index contributed by atoms with van der Waals surface area (Å²) in [5.41, 5.74) is 4.56. The molecule has 0 atom stereocenters. The first kappa shape index (κ1) is 19.2. The summed E-state index contributed by atoms with van der Waals surface area (Å²) in [4.78, 5) is 0. The summed E-state index contributed by atoms with van der Waals surface area (Å²) in [5.74, 6) is -0.423. The van der Waals surface area contributed by atoms with Crippen LogP contribution in [0.3, 0.4) is 0 Å². The summed E-state index contributed by atoms with van der Waals surface area (Å²) in [6, 6.07) is 12.7. The van der Waals surface area contributed by atoms with Crippen molar-refractivity contribution >= 4 is 0 Å². The lowest BCUT2D eigenvalue weighted by molar-refractivity contribution is -0.137. The van der Waals surface area contributed by atoms with E-state index in [0.29, 0.717) is 22.3 Å². The van der Waals surface area contributed by atoms with Crippen LogP contribution in [0.2, 0.25) is 0 Å². The molecule has 0 heterocycles. The molecule has 0 saturated heterocycles. The number of aryl methyl sites for hydroxylation is 4. The molecule has 0 fully saturated rings. The lowest BCUT2D eigenvalue weighted by Gasteiger charge is -2.15. The molecule has 0 aromatic heterocycles. The second kappa shape index (κ2) is 6.84. The third-order valence-corrected chi connectivity index (χ3v) is 4.59. The largest absolute Gasteiger partial charge is 0.416 e. The molecular weight excluding hydrogens is 352 g/mol. The third-order valence-electron chi connectivity index (χ3n) is 4.59. The van der Waals surface area contributed by atoms with Crippen LogP contribution in [0.25, 0.3) is 22.3 Å². The van der Waals surface area contributed by atoms with Crippen LogP contribution >= 0.6 is 0 Å². The minimum atomic E-state index is -4.42. The van der Waals surface area contributed by atoms with Gasteiger partial charge >= 0.3 is 6.18 Å². The standard InChI is InChI=1S/C23H20F4/c1-13-7-14(2)9-17(8-13)20-10-15(3)11-21(22(20)24)19-6-5-18(12-16(19)4)23(25,26)27/h5-12H,1-4H3. The van der Waals surface area contributed by atoms with Gasteiger partial charge in [-0.05, 0) is 74.2 Å². The van der Waals surface area contributed by atoms with E-state index in [-0.39, 0.29) is 0 Å². The second-order valence-electron chi connectivity index (χ2n) is 7.08. The van der Waals surface area contributed by atoms with Gasteiger partial charge in [0.25, 0.3) is 0 Å². The van der Waals surface area contributed by atoms with E-state index >= 15 is 4.39 Å². The normalized spacial score (nSPS) is 11.7. The van der Waals surface area contributed by atoms with Gasteiger partial charge in [-0.2, -0.15) is 13.2 Å². The van der Waals surface area contributed by atoms with Gasteiger partial charge in [0.2, 0.25) is 0 Å². The molecule has 0 nitrogen and oxygen atoms in total. The monoisotopic (exact) mass is 372 g/mol. The highest BCUT2D eigenvalue weighted by atomic mass is 19.4. The molecule has 4 heteroatoms. The molecule has 3 aromatic rings. The van der Waals surface area contributed by atoms with E-state index in [4.69, 9.17) is 0 Å². The van der Waals surface area contributed by atoms with Crippen LogP contribution in [0.15, 0.2) is 48.5 Å². The average molecular weight is 372 g/mol. The number of halogens is 4. The molecule has 0 bridgehead atoms. The lowest BCUT2D eigenvalue weighted by Crippen LogP contribution is -2.05. The van der Waals surface area contributed by atoms with Gasteiger partial charge in [-0.3, -0.25) is 0 Å². The quantitative estimate of drug-likeness (QED) is 0.411. The van der Waals surface area contributed by atoms with Crippen LogP contribution in [0.1, 0.15) is 27.8 Å². The predicted octanol–water partition coefficient (Wildman–Crippen LogP) is 7.41. The molecule has 0 amide bonds. The van der Waals surface area contributed by atoms with Crippen molar-refractivity contribution in [3.63, 3.8) is 0 Å². The highest BCUT2D eigenvalue weighted by Crippen LogP contribution is 2.37. The molecule has 3 rings (SSSR count). The zero-order valence-electron chi connectivity index (χ0n) is 15.6. The van der Waals surface area contributed by atoms with E-state index in [2.05, 4.69) is 0 Å². The first-order chi connectivity index (χ1) is 12.6. The maximum absolute atomic E-state index is 15.4. The fraction of sp³-hybridized carbons (Fsp3) is 0.217. The second-order valence-corrected chi connectivity index (χ2v) is 7.08. The minimum Gasteiger partial charge on any atom is -0.206 e. The summed E-state index contributed by atoms with van der Waals surface area (Å²) < 4.78 is 54.2. The van der Waals surface area contributed by atoms with Crippen molar-refractivity contribution in [1.82, 2.24) is 0 Å². The lowest BCUT2D eigenvalue weighted by atomic mass is 9.91. The Labute approximate surface area is 156 Å². The van der Waals surface area contributed by atoms with Crippen molar-refractivity contribution in [2.45, 2.75) is 33.9 Å². The Bertz CT molecular complexity index is 993. The Morgan fingerprint density at radius 1 is 0.630 bits per heavy atom. The van der Waals surface area contributed by atoms with E-state index in [1.54, 1.807) is 19.1 Å². The zero-order valence-corrected chi connectivity index (χ0v) is 15.6. The van der Waals surface area contributed by atoms with Crippen molar-refractivity contribution in [3.05, 3.63) is 82.2 Å². The molecule has 0 unspecified atom stereocenters. The van der Waals surface area contributed by atoms with Gasteiger partial charge in [-0.15, -0.1) is 0 Å². The summed E-state index contributed by atoms with van der Waals surface area (Å²) in [7, 11) is 0. The van der Waals surface area contributed by atoms with Crippen LogP contribution in [-0.2, 0) is 6.18 Å². The molecule has 0 aliphatic heterocycles. The topological polar surface area (TPSA) is 0 Å². The van der Waals surface area contributed by atoms with E-state index in [0.717, 1.165) is 34.4 Å². The van der Waals surface area contributed by atoms with E-state index < -0.39 is 17.6 Å². The third kappa shape index (κ3) is 3.90. The Balaban J connectivity index is 2.20. The Morgan fingerprint density at radius 2 is 1.19 bits per heavy atom. The van der Waals surface area contributed by atoms with Crippen molar-refractivity contribution in [2.24, 2.45) is 0 Å². The number of hydrogen-bond donors (Lipinski definition) is 0. The molecule has 0 radical (unpaired) electrons. The Hall–Kier alpha value is -2.62. The van der Waals surface area contributed by atoms with Crippen LogP contribution in [0.4, 0.5) is 17.6 Å². The fourth-order valence-corrected chi connectivity index (χ4v) is 3.45. The highest BCUT2D eigenvalue weighted by molar-refractivity contribution is 5.77. The molecule has 27 heavy (non-hydrogen) atoms. The number of hydrogen-bond acceptors (Lipinski definition) is 0. The van der Waals surface area contributed by atoms with Crippen molar-refractivity contribution in [1.29, 1.82) is 0 Å². The molecule has 140 valence electrons. The smallest absolute Gasteiger partial charge is 0.206 e. The van der Waals surface area contributed by atoms with Gasteiger partial charge in [0.1, 0.15) is 5.82 Å². The maximum atomic E-state index is 15.4. The fourth-order valence-electron chi connectivity index (χ4n) is 3.45. The van der Waals surface area contributed by atoms with Crippen molar-refractivity contribution in [3.8, 4) is 22.3 Å². The van der Waals surface area contributed by atoms with E-state index in [1.807, 2.05) is 39.0 Å². The first-order valence-electron chi connectivity index (χ1n) is 8.63. The first-order valence-corrected chi connectivity index (χ1v) is 8.63. The highest BCUT2D eigenvalue weighted by Gasteiger charge is 2.31. The molecule has 3 aromatic carbocycles. The van der Waals surface area contributed by atoms with Gasteiger partial charge in [0.05, 0.1) is 5.56 Å². The summed E-state index contributed by atoms with van der Waals surface area (Å²) in [5, 5.41) is 0. The Morgan fingerprint density at radius 3 is 1.74 bits per heavy atom.